The summed E-state index contributed by atoms with van der Waals surface area (Å²) >= 11 is 0. The van der Waals surface area contributed by atoms with E-state index in [1.807, 2.05) is 24.3 Å². The van der Waals surface area contributed by atoms with E-state index in [1.54, 1.807) is 24.3 Å². The van der Waals surface area contributed by atoms with Crippen LogP contribution in [0, 0.1) is 5.92 Å². The summed E-state index contributed by atoms with van der Waals surface area (Å²) in [7, 11) is 0. The van der Waals surface area contributed by atoms with Gasteiger partial charge in [-0.05, 0) is 74.1 Å². The summed E-state index contributed by atoms with van der Waals surface area (Å²) < 4.78 is 5.93. The van der Waals surface area contributed by atoms with Gasteiger partial charge < -0.3 is 20.5 Å². The minimum Gasteiger partial charge on any atom is -0.490 e. The van der Waals surface area contributed by atoms with E-state index in [-0.39, 0.29) is 23.8 Å². The summed E-state index contributed by atoms with van der Waals surface area (Å²) in [6.45, 7) is 2.78. The number of aryl methyl sites for hydroxylation is 1. The number of aliphatic carboxylic acids is 1. The van der Waals surface area contributed by atoms with Gasteiger partial charge in [0, 0.05) is 24.2 Å². The van der Waals surface area contributed by atoms with Gasteiger partial charge in [-0.2, -0.15) is 0 Å². The predicted octanol–water partition coefficient (Wildman–Crippen LogP) is 3.82. The number of carboxylic acids is 1. The summed E-state index contributed by atoms with van der Waals surface area (Å²) in [6.07, 6.45) is 4.75. The molecule has 1 fully saturated rings. The number of carbonyl (C=O) groups is 3. The molecule has 1 aliphatic rings. The molecule has 2 aromatic rings. The van der Waals surface area contributed by atoms with Gasteiger partial charge in [0.05, 0.1) is 12.0 Å². The van der Waals surface area contributed by atoms with Crippen molar-refractivity contribution in [3.63, 3.8) is 0 Å². The van der Waals surface area contributed by atoms with E-state index < -0.39 is 5.97 Å². The Morgan fingerprint density at radius 3 is 1.85 bits per heavy atom. The fraction of sp³-hybridized carbons (Fsp3) is 0.423. The van der Waals surface area contributed by atoms with Crippen molar-refractivity contribution < 1.29 is 24.2 Å². The van der Waals surface area contributed by atoms with E-state index in [0.717, 1.165) is 12.8 Å². The number of benzene rings is 2. The van der Waals surface area contributed by atoms with E-state index in [2.05, 4.69) is 17.6 Å². The maximum atomic E-state index is 12.3. The minimum atomic E-state index is -0.732. The SMILES string of the molecule is CCCc1ccc(C(=O)NCCNC(=O)c2ccc(O[C@H]3CC[C@@H](C(=O)O)CC3)cc2)cc1. The lowest BCUT2D eigenvalue weighted by molar-refractivity contribution is -0.143. The van der Waals surface area contributed by atoms with Gasteiger partial charge in [-0.1, -0.05) is 25.5 Å². The molecule has 1 aliphatic carbocycles. The lowest BCUT2D eigenvalue weighted by Gasteiger charge is -2.26. The smallest absolute Gasteiger partial charge is 0.306 e. The van der Waals surface area contributed by atoms with Crippen LogP contribution in [0.1, 0.15) is 65.3 Å². The molecule has 0 bridgehead atoms. The van der Waals surface area contributed by atoms with Gasteiger partial charge in [-0.25, -0.2) is 0 Å². The molecule has 7 nitrogen and oxygen atoms in total. The molecule has 0 unspecified atom stereocenters. The minimum absolute atomic E-state index is 0.00624. The molecule has 0 heterocycles. The second-order valence-electron chi connectivity index (χ2n) is 8.41. The van der Waals surface area contributed by atoms with Gasteiger partial charge in [-0.3, -0.25) is 14.4 Å². The summed E-state index contributed by atoms with van der Waals surface area (Å²) in [5, 5.41) is 14.7. The van der Waals surface area contributed by atoms with Crippen molar-refractivity contribution in [2.24, 2.45) is 5.92 Å². The Kier molecular flexibility index (Phi) is 8.87. The van der Waals surface area contributed by atoms with Crippen molar-refractivity contribution in [3.8, 4) is 5.75 Å². The normalized spacial score (nSPS) is 17.7. The van der Waals surface area contributed by atoms with Crippen LogP contribution in [0.3, 0.4) is 0 Å². The standard InChI is InChI=1S/C26H32N2O5/c1-2-3-18-4-6-19(7-5-18)24(29)27-16-17-28-25(30)20-8-12-22(13-9-20)33-23-14-10-21(11-15-23)26(31)32/h4-9,12-13,21,23H,2-3,10-11,14-17H2,1H3,(H,27,29)(H,28,30)(H,31,32)/t21-,23+. The van der Waals surface area contributed by atoms with E-state index in [4.69, 9.17) is 9.84 Å². The highest BCUT2D eigenvalue weighted by molar-refractivity contribution is 5.95. The molecule has 176 valence electrons. The number of rotatable bonds is 10. The fourth-order valence-corrected chi connectivity index (χ4v) is 3.97. The lowest BCUT2D eigenvalue weighted by Crippen LogP contribution is -2.34. The summed E-state index contributed by atoms with van der Waals surface area (Å²) in [6, 6.07) is 14.5. The van der Waals surface area contributed by atoms with Crippen LogP contribution >= 0.6 is 0 Å². The number of hydrogen-bond donors (Lipinski definition) is 3. The highest BCUT2D eigenvalue weighted by Gasteiger charge is 2.26. The highest BCUT2D eigenvalue weighted by Crippen LogP contribution is 2.28. The molecule has 2 aromatic carbocycles. The number of carboxylic acid groups (broad SMARTS) is 1. The van der Waals surface area contributed by atoms with Gasteiger partial charge in [0.1, 0.15) is 5.75 Å². The van der Waals surface area contributed by atoms with Crippen molar-refractivity contribution in [2.45, 2.75) is 51.6 Å². The zero-order valence-electron chi connectivity index (χ0n) is 19.0. The molecular weight excluding hydrogens is 420 g/mol. The first-order valence-electron chi connectivity index (χ1n) is 11.6. The second-order valence-corrected chi connectivity index (χ2v) is 8.41. The molecule has 1 saturated carbocycles. The summed E-state index contributed by atoms with van der Waals surface area (Å²) in [5.74, 6) is -0.716. The first-order chi connectivity index (χ1) is 16.0. The van der Waals surface area contributed by atoms with E-state index in [1.165, 1.54) is 5.56 Å². The van der Waals surface area contributed by atoms with Gasteiger partial charge in [0.2, 0.25) is 0 Å². The highest BCUT2D eigenvalue weighted by atomic mass is 16.5. The van der Waals surface area contributed by atoms with Crippen LogP contribution in [-0.4, -0.2) is 42.1 Å². The van der Waals surface area contributed by atoms with Gasteiger partial charge in [0.15, 0.2) is 0 Å². The Morgan fingerprint density at radius 1 is 0.848 bits per heavy atom. The molecule has 0 saturated heterocycles. The van der Waals surface area contributed by atoms with Crippen LogP contribution < -0.4 is 15.4 Å². The Bertz CT molecular complexity index is 932. The van der Waals surface area contributed by atoms with Crippen LogP contribution in [0.4, 0.5) is 0 Å². The number of nitrogens with one attached hydrogen (secondary N) is 2. The van der Waals surface area contributed by atoms with E-state index in [9.17, 15) is 14.4 Å². The van der Waals surface area contributed by atoms with E-state index >= 15 is 0 Å². The van der Waals surface area contributed by atoms with Gasteiger partial charge in [0.25, 0.3) is 11.8 Å². The zero-order chi connectivity index (χ0) is 23.6. The third-order valence-electron chi connectivity index (χ3n) is 5.89. The first kappa shape index (κ1) is 24.3. The number of hydrogen-bond acceptors (Lipinski definition) is 4. The van der Waals surface area contributed by atoms with Crippen molar-refractivity contribution in [1.82, 2.24) is 10.6 Å². The molecule has 33 heavy (non-hydrogen) atoms. The van der Waals surface area contributed by atoms with E-state index in [0.29, 0.717) is 55.6 Å². The molecule has 0 radical (unpaired) electrons. The lowest BCUT2D eigenvalue weighted by atomic mass is 9.87. The van der Waals surface area contributed by atoms with Crippen LogP contribution in [-0.2, 0) is 11.2 Å². The Balaban J connectivity index is 1.37. The molecular formula is C26H32N2O5. The Morgan fingerprint density at radius 2 is 1.36 bits per heavy atom. The monoisotopic (exact) mass is 452 g/mol. The zero-order valence-corrected chi connectivity index (χ0v) is 19.0. The van der Waals surface area contributed by atoms with Crippen molar-refractivity contribution in [2.75, 3.05) is 13.1 Å². The fourth-order valence-electron chi connectivity index (χ4n) is 3.97. The largest absolute Gasteiger partial charge is 0.490 e. The van der Waals surface area contributed by atoms with Gasteiger partial charge in [-0.15, -0.1) is 0 Å². The molecule has 0 aromatic heterocycles. The molecule has 3 rings (SSSR count). The number of ether oxygens (including phenoxy) is 1. The molecule has 0 spiro atoms. The second kappa shape index (κ2) is 12.0. The van der Waals surface area contributed by atoms with Gasteiger partial charge >= 0.3 is 5.97 Å². The molecule has 2 amide bonds. The Labute approximate surface area is 194 Å². The van der Waals surface area contributed by atoms with Crippen molar-refractivity contribution in [1.29, 1.82) is 0 Å². The molecule has 0 aliphatic heterocycles. The third-order valence-corrected chi connectivity index (χ3v) is 5.89. The van der Waals surface area contributed by atoms with Crippen LogP contribution in [0.15, 0.2) is 48.5 Å². The first-order valence-corrected chi connectivity index (χ1v) is 11.6. The maximum Gasteiger partial charge on any atom is 0.306 e. The third kappa shape index (κ3) is 7.34. The maximum absolute atomic E-state index is 12.3. The predicted molar refractivity (Wildman–Crippen MR) is 126 cm³/mol. The summed E-state index contributed by atoms with van der Waals surface area (Å²) in [4.78, 5) is 35.6. The molecule has 3 N–H and O–H groups in total. The average Bonchev–Trinajstić information content (AvgIpc) is 2.83. The van der Waals surface area contributed by atoms with Crippen LogP contribution in [0.2, 0.25) is 0 Å². The van der Waals surface area contributed by atoms with Crippen molar-refractivity contribution in [3.05, 3.63) is 65.2 Å². The quantitative estimate of drug-likeness (QED) is 0.476. The van der Waals surface area contributed by atoms with Crippen molar-refractivity contribution >= 4 is 17.8 Å². The average molecular weight is 453 g/mol. The number of amides is 2. The van der Waals surface area contributed by atoms with Crippen LogP contribution in [0.5, 0.6) is 5.75 Å². The molecule has 7 heteroatoms. The Hall–Kier alpha value is -3.35. The number of carbonyl (C=O) groups excluding carboxylic acids is 2. The molecule has 0 atom stereocenters. The summed E-state index contributed by atoms with van der Waals surface area (Å²) in [5.41, 5.74) is 2.33. The topological polar surface area (TPSA) is 105 Å². The van der Waals surface area contributed by atoms with Crippen LogP contribution in [0.25, 0.3) is 0 Å².